The number of methoxy groups -OCH3 is 1. The van der Waals surface area contributed by atoms with E-state index in [1.165, 1.54) is 48.1 Å². The van der Waals surface area contributed by atoms with Crippen molar-refractivity contribution < 1.29 is 14.3 Å². The molecule has 0 radical (unpaired) electrons. The van der Waals surface area contributed by atoms with Gasteiger partial charge in [-0.3, -0.25) is 0 Å². The number of rotatable bonds is 3. The zero-order valence-electron chi connectivity index (χ0n) is 12.9. The van der Waals surface area contributed by atoms with Gasteiger partial charge in [-0.25, -0.2) is 4.79 Å². The number of hydrogen-bond donors (Lipinski definition) is 0. The lowest BCUT2D eigenvalue weighted by molar-refractivity contribution is 0.0734. The fraction of sp³-hybridized carbons (Fsp3) is 0.333. The highest BCUT2D eigenvalue weighted by molar-refractivity contribution is 7.14. The second-order valence-corrected chi connectivity index (χ2v) is 6.62. The van der Waals surface area contributed by atoms with E-state index in [1.54, 1.807) is 18.2 Å². The maximum absolute atomic E-state index is 12.4. The summed E-state index contributed by atoms with van der Waals surface area (Å²) in [5.74, 6) is 0.349. The van der Waals surface area contributed by atoms with Crippen LogP contribution >= 0.6 is 11.3 Å². The number of esters is 1. The van der Waals surface area contributed by atoms with Crippen LogP contribution in [0.3, 0.4) is 0 Å². The van der Waals surface area contributed by atoms with Gasteiger partial charge in [0.05, 0.1) is 18.7 Å². The third-order valence-corrected chi connectivity index (χ3v) is 5.16. The van der Waals surface area contributed by atoms with Gasteiger partial charge in [0.15, 0.2) is 11.5 Å². The van der Waals surface area contributed by atoms with E-state index >= 15 is 0 Å². The number of ether oxygens (including phenoxy) is 2. The summed E-state index contributed by atoms with van der Waals surface area (Å²) in [6, 6.07) is 8.76. The number of benzene rings is 1. The molecule has 5 heteroatoms. The molecule has 0 spiro atoms. The van der Waals surface area contributed by atoms with E-state index in [-0.39, 0.29) is 5.97 Å². The molecule has 0 N–H and O–H groups in total. The van der Waals surface area contributed by atoms with Gasteiger partial charge in [-0.1, -0.05) is 6.42 Å². The Balaban J connectivity index is 1.81. The van der Waals surface area contributed by atoms with E-state index in [1.807, 2.05) is 12.1 Å². The van der Waals surface area contributed by atoms with Gasteiger partial charge >= 0.3 is 5.97 Å². The number of carbonyl (C=O) groups is 1. The first-order chi connectivity index (χ1) is 11.2. The molecule has 0 bridgehead atoms. The van der Waals surface area contributed by atoms with E-state index in [9.17, 15) is 4.79 Å². The SMILES string of the molecule is COc1cc(C#N)ccc1OC(=O)c1cc2c(s1)CCCCC2. The lowest BCUT2D eigenvalue weighted by Crippen LogP contribution is -2.07. The van der Waals surface area contributed by atoms with Gasteiger partial charge in [0.2, 0.25) is 0 Å². The van der Waals surface area contributed by atoms with Gasteiger partial charge in [0.1, 0.15) is 4.88 Å². The van der Waals surface area contributed by atoms with Crippen molar-refractivity contribution in [2.45, 2.75) is 32.1 Å². The van der Waals surface area contributed by atoms with Crippen molar-refractivity contribution in [3.05, 3.63) is 45.1 Å². The third kappa shape index (κ3) is 3.38. The van der Waals surface area contributed by atoms with Gasteiger partial charge < -0.3 is 9.47 Å². The molecule has 0 unspecified atom stereocenters. The van der Waals surface area contributed by atoms with Crippen LogP contribution < -0.4 is 9.47 Å². The molecule has 0 aliphatic heterocycles. The fourth-order valence-electron chi connectivity index (χ4n) is 2.74. The molecule has 1 heterocycles. The van der Waals surface area contributed by atoms with Gasteiger partial charge in [-0.2, -0.15) is 5.26 Å². The van der Waals surface area contributed by atoms with Gasteiger partial charge in [0.25, 0.3) is 0 Å². The number of carbonyl (C=O) groups excluding carboxylic acids is 1. The number of thiophene rings is 1. The second-order valence-electron chi connectivity index (χ2n) is 5.49. The third-order valence-electron chi connectivity index (χ3n) is 3.94. The molecule has 0 atom stereocenters. The van der Waals surface area contributed by atoms with Crippen molar-refractivity contribution in [1.29, 1.82) is 5.26 Å². The smallest absolute Gasteiger partial charge is 0.353 e. The van der Waals surface area contributed by atoms with E-state index in [4.69, 9.17) is 14.7 Å². The van der Waals surface area contributed by atoms with Crippen LogP contribution in [0.5, 0.6) is 11.5 Å². The van der Waals surface area contributed by atoms with Gasteiger partial charge in [-0.15, -0.1) is 11.3 Å². The zero-order chi connectivity index (χ0) is 16.2. The van der Waals surface area contributed by atoms with E-state index in [0.717, 1.165) is 12.8 Å². The minimum atomic E-state index is -0.369. The number of nitrogens with zero attached hydrogens (tertiary/aromatic N) is 1. The molecule has 1 aliphatic rings. The quantitative estimate of drug-likeness (QED) is 0.483. The zero-order valence-corrected chi connectivity index (χ0v) is 13.7. The maximum atomic E-state index is 12.4. The predicted octanol–water partition coefficient (Wildman–Crippen LogP) is 4.12. The largest absolute Gasteiger partial charge is 0.493 e. The normalized spacial score (nSPS) is 13.6. The average molecular weight is 327 g/mol. The van der Waals surface area contributed by atoms with E-state index in [2.05, 4.69) is 0 Å². The molecule has 0 fully saturated rings. The number of fused-ring (bicyclic) bond motifs is 1. The van der Waals surface area contributed by atoms with Crippen LogP contribution in [0.4, 0.5) is 0 Å². The molecule has 2 aromatic rings. The lowest BCUT2D eigenvalue weighted by Gasteiger charge is -2.08. The standard InChI is InChI=1S/C18H17NO3S/c1-21-15-9-12(11-19)7-8-14(15)22-18(20)17-10-13-5-3-2-4-6-16(13)23-17/h7-10H,2-6H2,1H3. The van der Waals surface area contributed by atoms with Crippen molar-refractivity contribution >= 4 is 17.3 Å². The Labute approximate surface area is 139 Å². The number of aryl methyl sites for hydroxylation is 2. The first-order valence-corrected chi connectivity index (χ1v) is 8.45. The van der Waals surface area contributed by atoms with Crippen LogP contribution in [0.1, 0.15) is 44.9 Å². The van der Waals surface area contributed by atoms with Crippen LogP contribution in [-0.2, 0) is 12.8 Å². The minimum Gasteiger partial charge on any atom is -0.493 e. The lowest BCUT2D eigenvalue weighted by atomic mass is 10.1. The summed E-state index contributed by atoms with van der Waals surface area (Å²) in [6.07, 6.45) is 5.71. The number of nitriles is 1. The highest BCUT2D eigenvalue weighted by atomic mass is 32.1. The summed E-state index contributed by atoms with van der Waals surface area (Å²) in [5.41, 5.74) is 1.75. The van der Waals surface area contributed by atoms with Crippen LogP contribution in [0.15, 0.2) is 24.3 Å². The van der Waals surface area contributed by atoms with Crippen molar-refractivity contribution in [2.75, 3.05) is 7.11 Å². The van der Waals surface area contributed by atoms with Crippen LogP contribution in [0.2, 0.25) is 0 Å². The van der Waals surface area contributed by atoms with Crippen molar-refractivity contribution in [3.8, 4) is 17.6 Å². The average Bonchev–Trinajstić information content (AvgIpc) is 2.86. The van der Waals surface area contributed by atoms with E-state index in [0.29, 0.717) is 21.9 Å². The topological polar surface area (TPSA) is 59.3 Å². The Morgan fingerprint density at radius 3 is 2.78 bits per heavy atom. The summed E-state index contributed by atoms with van der Waals surface area (Å²) in [5, 5.41) is 8.91. The van der Waals surface area contributed by atoms with Crippen LogP contribution in [-0.4, -0.2) is 13.1 Å². The van der Waals surface area contributed by atoms with Crippen molar-refractivity contribution in [3.63, 3.8) is 0 Å². The van der Waals surface area contributed by atoms with Crippen LogP contribution in [0, 0.1) is 11.3 Å². The Kier molecular flexibility index (Phi) is 4.63. The molecule has 3 rings (SSSR count). The highest BCUT2D eigenvalue weighted by Crippen LogP contribution is 2.32. The first-order valence-electron chi connectivity index (χ1n) is 7.63. The summed E-state index contributed by atoms with van der Waals surface area (Å²) in [6.45, 7) is 0. The minimum absolute atomic E-state index is 0.333. The van der Waals surface area contributed by atoms with E-state index < -0.39 is 0 Å². The molecule has 1 aliphatic carbocycles. The summed E-state index contributed by atoms with van der Waals surface area (Å²) in [4.78, 5) is 14.3. The Morgan fingerprint density at radius 1 is 1.17 bits per heavy atom. The predicted molar refractivity (Wildman–Crippen MR) is 88.2 cm³/mol. The monoisotopic (exact) mass is 327 g/mol. The van der Waals surface area contributed by atoms with Gasteiger partial charge in [-0.05, 0) is 49.4 Å². The molecule has 0 amide bonds. The summed E-state index contributed by atoms with van der Waals surface area (Å²) in [7, 11) is 1.49. The Morgan fingerprint density at radius 2 is 2.00 bits per heavy atom. The Hall–Kier alpha value is -2.32. The molecular weight excluding hydrogens is 310 g/mol. The molecule has 4 nitrogen and oxygen atoms in total. The molecular formula is C18H17NO3S. The summed E-state index contributed by atoms with van der Waals surface area (Å²) >= 11 is 1.53. The van der Waals surface area contributed by atoms with Gasteiger partial charge in [0, 0.05) is 10.9 Å². The van der Waals surface area contributed by atoms with Crippen molar-refractivity contribution in [2.24, 2.45) is 0 Å². The van der Waals surface area contributed by atoms with Crippen molar-refractivity contribution in [1.82, 2.24) is 0 Å². The second kappa shape index (κ2) is 6.84. The highest BCUT2D eigenvalue weighted by Gasteiger charge is 2.19. The summed E-state index contributed by atoms with van der Waals surface area (Å²) < 4.78 is 10.7. The maximum Gasteiger partial charge on any atom is 0.353 e. The molecule has 0 saturated heterocycles. The molecule has 23 heavy (non-hydrogen) atoms. The number of hydrogen-bond acceptors (Lipinski definition) is 5. The Bertz CT molecular complexity index is 750. The molecule has 1 aromatic carbocycles. The van der Waals surface area contributed by atoms with Crippen LogP contribution in [0.25, 0.3) is 0 Å². The molecule has 0 saturated carbocycles. The fourth-order valence-corrected chi connectivity index (χ4v) is 3.87. The molecule has 1 aromatic heterocycles. The molecule has 118 valence electrons. The first kappa shape index (κ1) is 15.6.